The molecule has 1 aliphatic heterocycles. The standard InChI is InChI=1S/C21H34N2/c1-6-19-11-12-21(22-14-19)18(5)10-9-17(4)20-8-7-13-23(15-20)16(2)3/h8,11-12,14,16-18H,6-7,9-10,13,15H2,1-5H3. The van der Waals surface area contributed by atoms with Crippen molar-refractivity contribution in [3.05, 3.63) is 41.2 Å². The Balaban J connectivity index is 1.85. The van der Waals surface area contributed by atoms with Crippen LogP contribution >= 0.6 is 0 Å². The number of aryl methyl sites for hydroxylation is 1. The summed E-state index contributed by atoms with van der Waals surface area (Å²) in [4.78, 5) is 7.25. The van der Waals surface area contributed by atoms with E-state index in [1.165, 1.54) is 37.1 Å². The van der Waals surface area contributed by atoms with Gasteiger partial charge in [-0.3, -0.25) is 9.88 Å². The summed E-state index contributed by atoms with van der Waals surface area (Å²) in [6, 6.07) is 5.10. The Morgan fingerprint density at radius 1 is 1.09 bits per heavy atom. The van der Waals surface area contributed by atoms with Gasteiger partial charge in [0.2, 0.25) is 0 Å². The van der Waals surface area contributed by atoms with Crippen LogP contribution in [0.5, 0.6) is 0 Å². The Bertz CT molecular complexity index is 501. The molecule has 2 atom stereocenters. The Hall–Kier alpha value is -1.15. The van der Waals surface area contributed by atoms with Crippen LogP contribution in [0.4, 0.5) is 0 Å². The smallest absolute Gasteiger partial charge is 0.0431 e. The molecule has 0 bridgehead atoms. The largest absolute Gasteiger partial charge is 0.297 e. The number of hydrogen-bond donors (Lipinski definition) is 0. The third kappa shape index (κ3) is 5.17. The third-order valence-corrected chi connectivity index (χ3v) is 5.37. The molecular formula is C21H34N2. The first-order chi connectivity index (χ1) is 11.0. The molecule has 0 aromatic carbocycles. The van der Waals surface area contributed by atoms with Crippen LogP contribution in [0.15, 0.2) is 30.0 Å². The molecule has 0 radical (unpaired) electrons. The van der Waals surface area contributed by atoms with Crippen LogP contribution < -0.4 is 0 Å². The maximum atomic E-state index is 4.65. The van der Waals surface area contributed by atoms with Crippen molar-refractivity contribution in [2.45, 2.75) is 72.3 Å². The van der Waals surface area contributed by atoms with Crippen LogP contribution in [0.1, 0.15) is 71.1 Å². The van der Waals surface area contributed by atoms with Crippen LogP contribution in [0.2, 0.25) is 0 Å². The summed E-state index contributed by atoms with van der Waals surface area (Å²) in [6.07, 6.45) is 9.30. The first kappa shape index (κ1) is 18.2. The van der Waals surface area contributed by atoms with E-state index < -0.39 is 0 Å². The highest BCUT2D eigenvalue weighted by Crippen LogP contribution is 2.27. The van der Waals surface area contributed by atoms with Crippen molar-refractivity contribution in [2.75, 3.05) is 13.1 Å². The lowest BCUT2D eigenvalue weighted by atomic mass is 9.88. The minimum Gasteiger partial charge on any atom is -0.297 e. The van der Waals surface area contributed by atoms with E-state index in [0.29, 0.717) is 17.9 Å². The quantitative estimate of drug-likeness (QED) is 0.643. The van der Waals surface area contributed by atoms with Gasteiger partial charge in [-0.2, -0.15) is 0 Å². The van der Waals surface area contributed by atoms with E-state index in [-0.39, 0.29) is 0 Å². The molecule has 2 heteroatoms. The summed E-state index contributed by atoms with van der Waals surface area (Å²) in [6.45, 7) is 13.9. The summed E-state index contributed by atoms with van der Waals surface area (Å²) < 4.78 is 0. The second-order valence-electron chi connectivity index (χ2n) is 7.46. The summed E-state index contributed by atoms with van der Waals surface area (Å²) in [5.74, 6) is 1.24. The molecule has 0 fully saturated rings. The number of hydrogen-bond acceptors (Lipinski definition) is 2. The zero-order chi connectivity index (χ0) is 16.8. The highest BCUT2D eigenvalue weighted by Gasteiger charge is 2.19. The van der Waals surface area contributed by atoms with Gasteiger partial charge in [-0.15, -0.1) is 0 Å². The molecule has 23 heavy (non-hydrogen) atoms. The van der Waals surface area contributed by atoms with Crippen LogP contribution in [0, 0.1) is 5.92 Å². The molecule has 2 heterocycles. The molecule has 0 saturated heterocycles. The fourth-order valence-corrected chi connectivity index (χ4v) is 3.36. The van der Waals surface area contributed by atoms with E-state index in [0.717, 1.165) is 13.0 Å². The molecule has 1 aromatic heterocycles. The van der Waals surface area contributed by atoms with Gasteiger partial charge in [0.05, 0.1) is 0 Å². The zero-order valence-electron chi connectivity index (χ0n) is 15.7. The lowest BCUT2D eigenvalue weighted by Gasteiger charge is -2.33. The van der Waals surface area contributed by atoms with Crippen LogP contribution in [-0.4, -0.2) is 29.0 Å². The van der Waals surface area contributed by atoms with Gasteiger partial charge in [-0.25, -0.2) is 0 Å². The van der Waals surface area contributed by atoms with Gasteiger partial charge in [0.15, 0.2) is 0 Å². The molecule has 0 saturated carbocycles. The minimum absolute atomic E-state index is 0.550. The SMILES string of the molecule is CCc1ccc(C(C)CCC(C)C2=CCCN(C(C)C)C2)nc1. The van der Waals surface area contributed by atoms with E-state index in [4.69, 9.17) is 0 Å². The van der Waals surface area contributed by atoms with E-state index in [1.54, 1.807) is 5.57 Å². The molecule has 2 rings (SSSR count). The van der Waals surface area contributed by atoms with Gasteiger partial charge in [-0.1, -0.05) is 38.5 Å². The van der Waals surface area contributed by atoms with Crippen molar-refractivity contribution in [1.82, 2.24) is 9.88 Å². The van der Waals surface area contributed by atoms with Gasteiger partial charge in [0.1, 0.15) is 0 Å². The van der Waals surface area contributed by atoms with E-state index in [1.807, 2.05) is 6.20 Å². The first-order valence-corrected chi connectivity index (χ1v) is 9.39. The Kier molecular flexibility index (Phi) is 6.83. The van der Waals surface area contributed by atoms with Crippen molar-refractivity contribution in [3.63, 3.8) is 0 Å². The minimum atomic E-state index is 0.550. The molecule has 0 aliphatic carbocycles. The lowest BCUT2D eigenvalue weighted by molar-refractivity contribution is 0.226. The molecule has 0 N–H and O–H groups in total. The number of aromatic nitrogens is 1. The summed E-state index contributed by atoms with van der Waals surface area (Å²) >= 11 is 0. The zero-order valence-corrected chi connectivity index (χ0v) is 15.7. The van der Waals surface area contributed by atoms with Crippen LogP contribution in [0.3, 0.4) is 0 Å². The van der Waals surface area contributed by atoms with Gasteiger partial charge in [0.25, 0.3) is 0 Å². The summed E-state index contributed by atoms with van der Waals surface area (Å²) in [7, 11) is 0. The van der Waals surface area contributed by atoms with E-state index in [2.05, 4.69) is 62.7 Å². The van der Waals surface area contributed by atoms with Crippen molar-refractivity contribution >= 4 is 0 Å². The maximum Gasteiger partial charge on any atom is 0.0431 e. The first-order valence-electron chi connectivity index (χ1n) is 9.39. The number of rotatable bonds is 7. The van der Waals surface area contributed by atoms with Crippen molar-refractivity contribution in [1.29, 1.82) is 0 Å². The van der Waals surface area contributed by atoms with Crippen molar-refractivity contribution in [3.8, 4) is 0 Å². The summed E-state index contributed by atoms with van der Waals surface area (Å²) in [5, 5.41) is 0. The van der Waals surface area contributed by atoms with Gasteiger partial charge >= 0.3 is 0 Å². The normalized spacial score (nSPS) is 18.8. The molecule has 1 aliphatic rings. The lowest BCUT2D eigenvalue weighted by Crippen LogP contribution is -2.36. The topological polar surface area (TPSA) is 16.1 Å². The Morgan fingerprint density at radius 3 is 2.43 bits per heavy atom. The predicted octanol–water partition coefficient (Wildman–Crippen LogP) is 5.20. The molecule has 0 spiro atoms. The molecular weight excluding hydrogens is 280 g/mol. The van der Waals surface area contributed by atoms with Gasteiger partial charge in [-0.05, 0) is 63.0 Å². The molecule has 0 amide bonds. The Labute approximate surface area is 143 Å². The molecule has 1 aromatic rings. The van der Waals surface area contributed by atoms with Gasteiger partial charge < -0.3 is 0 Å². The predicted molar refractivity (Wildman–Crippen MR) is 99.8 cm³/mol. The van der Waals surface area contributed by atoms with Crippen molar-refractivity contribution < 1.29 is 0 Å². The second-order valence-corrected chi connectivity index (χ2v) is 7.46. The summed E-state index contributed by atoms with van der Waals surface area (Å²) in [5.41, 5.74) is 4.22. The highest BCUT2D eigenvalue weighted by molar-refractivity contribution is 5.17. The second kappa shape index (κ2) is 8.63. The number of nitrogens with zero attached hydrogens (tertiary/aromatic N) is 2. The molecule has 2 nitrogen and oxygen atoms in total. The van der Waals surface area contributed by atoms with Crippen molar-refractivity contribution in [2.24, 2.45) is 5.92 Å². The van der Waals surface area contributed by atoms with Crippen LogP contribution in [0.25, 0.3) is 0 Å². The fourth-order valence-electron chi connectivity index (χ4n) is 3.36. The average Bonchev–Trinajstić information content (AvgIpc) is 2.59. The average molecular weight is 315 g/mol. The monoisotopic (exact) mass is 314 g/mol. The van der Waals surface area contributed by atoms with Crippen LogP contribution in [-0.2, 0) is 6.42 Å². The molecule has 128 valence electrons. The highest BCUT2D eigenvalue weighted by atomic mass is 15.1. The third-order valence-electron chi connectivity index (χ3n) is 5.37. The maximum absolute atomic E-state index is 4.65. The number of pyridine rings is 1. The fraction of sp³-hybridized carbons (Fsp3) is 0.667. The van der Waals surface area contributed by atoms with Gasteiger partial charge in [0, 0.05) is 31.0 Å². The molecule has 2 unspecified atom stereocenters. The van der Waals surface area contributed by atoms with E-state index in [9.17, 15) is 0 Å². The van der Waals surface area contributed by atoms with E-state index >= 15 is 0 Å². The Morgan fingerprint density at radius 2 is 1.83 bits per heavy atom.